The number of fused-ring (bicyclic) bond motifs is 7. The van der Waals surface area contributed by atoms with Gasteiger partial charge in [0.25, 0.3) is 0 Å². The van der Waals surface area contributed by atoms with Gasteiger partial charge in [0.2, 0.25) is 0 Å². The van der Waals surface area contributed by atoms with Crippen LogP contribution in [0.3, 0.4) is 0 Å². The van der Waals surface area contributed by atoms with Crippen molar-refractivity contribution in [3.05, 3.63) is 182 Å². The predicted octanol–water partition coefficient (Wildman–Crippen LogP) is 14.7. The second-order valence-electron chi connectivity index (χ2n) is 13.6. The van der Waals surface area contributed by atoms with Gasteiger partial charge in [-0.15, -0.1) is 22.7 Å². The van der Waals surface area contributed by atoms with Crippen LogP contribution < -0.4 is 0 Å². The molecule has 0 unspecified atom stereocenters. The molecular formula is C50H30N2S2. The molecule has 0 radical (unpaired) electrons. The second-order valence-corrected chi connectivity index (χ2v) is 15.7. The summed E-state index contributed by atoms with van der Waals surface area (Å²) in [5, 5.41) is 7.46. The molecule has 54 heavy (non-hydrogen) atoms. The van der Waals surface area contributed by atoms with Crippen molar-refractivity contribution in [3.8, 4) is 56.2 Å². The van der Waals surface area contributed by atoms with E-state index in [0.717, 1.165) is 33.6 Å². The Bertz CT molecular complexity index is 3100. The number of hydrogen-bond donors (Lipinski definition) is 0. The molecule has 4 heteroatoms. The Morgan fingerprint density at radius 3 is 1.48 bits per heavy atom. The summed E-state index contributed by atoms with van der Waals surface area (Å²) in [5.74, 6) is 0.710. The van der Waals surface area contributed by atoms with E-state index >= 15 is 0 Å². The Balaban J connectivity index is 1.22. The van der Waals surface area contributed by atoms with E-state index in [1.54, 1.807) is 0 Å². The van der Waals surface area contributed by atoms with Gasteiger partial charge in [0.05, 0.1) is 11.4 Å². The standard InChI is InChI=1S/C50H30N2S2/c1-2-14-31(15-3-1)34-29-28-32-16-4-5-17-33(32)47(34)37-20-6-7-21-40(37)50-51-43(41-24-12-22-38-35-18-8-10-26-45(35)53-48(38)41)30-44(52-50)42-25-13-23-39-36-19-9-11-27-46(36)54-49(39)42/h1-30H. The molecule has 0 fully saturated rings. The van der Waals surface area contributed by atoms with Crippen LogP contribution in [0.2, 0.25) is 0 Å². The molecule has 2 nitrogen and oxygen atoms in total. The van der Waals surface area contributed by atoms with Crippen molar-refractivity contribution in [3.63, 3.8) is 0 Å². The molecule has 252 valence electrons. The van der Waals surface area contributed by atoms with E-state index in [1.165, 1.54) is 67.8 Å². The van der Waals surface area contributed by atoms with Gasteiger partial charge in [-0.1, -0.05) is 164 Å². The molecule has 0 aliphatic carbocycles. The summed E-state index contributed by atoms with van der Waals surface area (Å²) in [7, 11) is 0. The summed E-state index contributed by atoms with van der Waals surface area (Å²) in [6, 6.07) is 65.4. The van der Waals surface area contributed by atoms with Gasteiger partial charge in [-0.25, -0.2) is 9.97 Å². The van der Waals surface area contributed by atoms with Crippen LogP contribution in [0.4, 0.5) is 0 Å². The lowest BCUT2D eigenvalue weighted by molar-refractivity contribution is 1.19. The number of benzene rings is 8. The fourth-order valence-electron chi connectivity index (χ4n) is 8.06. The highest BCUT2D eigenvalue weighted by molar-refractivity contribution is 7.26. The highest BCUT2D eigenvalue weighted by Gasteiger charge is 2.21. The number of thiophene rings is 2. The zero-order valence-electron chi connectivity index (χ0n) is 29.0. The first-order chi connectivity index (χ1) is 26.8. The third-order valence-corrected chi connectivity index (χ3v) is 13.0. The summed E-state index contributed by atoms with van der Waals surface area (Å²) in [6.07, 6.45) is 0. The fraction of sp³-hybridized carbons (Fsp3) is 0. The molecule has 11 aromatic rings. The van der Waals surface area contributed by atoms with Crippen molar-refractivity contribution in [1.29, 1.82) is 0 Å². The Morgan fingerprint density at radius 2 is 0.833 bits per heavy atom. The molecular weight excluding hydrogens is 693 g/mol. The molecule has 0 amide bonds. The Kier molecular flexibility index (Phi) is 7.25. The highest BCUT2D eigenvalue weighted by atomic mass is 32.1. The summed E-state index contributed by atoms with van der Waals surface area (Å²) in [4.78, 5) is 11.0. The van der Waals surface area contributed by atoms with Gasteiger partial charge in [0.15, 0.2) is 5.82 Å². The third kappa shape index (κ3) is 4.99. The quantitative estimate of drug-likeness (QED) is 0.177. The Labute approximate surface area is 320 Å². The van der Waals surface area contributed by atoms with E-state index in [9.17, 15) is 0 Å². The van der Waals surface area contributed by atoms with Gasteiger partial charge in [0.1, 0.15) is 0 Å². The zero-order valence-corrected chi connectivity index (χ0v) is 30.7. The maximum absolute atomic E-state index is 5.51. The van der Waals surface area contributed by atoms with E-state index in [1.807, 2.05) is 22.7 Å². The van der Waals surface area contributed by atoms with Gasteiger partial charge in [0, 0.05) is 57.0 Å². The minimum Gasteiger partial charge on any atom is -0.228 e. The number of hydrogen-bond acceptors (Lipinski definition) is 4. The van der Waals surface area contributed by atoms with Gasteiger partial charge in [-0.05, 0) is 51.2 Å². The van der Waals surface area contributed by atoms with Crippen molar-refractivity contribution in [2.24, 2.45) is 0 Å². The monoisotopic (exact) mass is 722 g/mol. The molecule has 8 aromatic carbocycles. The van der Waals surface area contributed by atoms with E-state index in [-0.39, 0.29) is 0 Å². The van der Waals surface area contributed by atoms with Crippen LogP contribution in [-0.2, 0) is 0 Å². The molecule has 0 saturated carbocycles. The van der Waals surface area contributed by atoms with E-state index in [4.69, 9.17) is 9.97 Å². The first kappa shape index (κ1) is 31.1. The van der Waals surface area contributed by atoms with Crippen molar-refractivity contribution < 1.29 is 0 Å². The van der Waals surface area contributed by atoms with Crippen molar-refractivity contribution in [2.45, 2.75) is 0 Å². The van der Waals surface area contributed by atoms with Gasteiger partial charge < -0.3 is 0 Å². The lowest BCUT2D eigenvalue weighted by atomic mass is 9.87. The van der Waals surface area contributed by atoms with E-state index in [0.29, 0.717) is 5.82 Å². The Hall–Kier alpha value is -6.46. The van der Waals surface area contributed by atoms with Crippen LogP contribution in [-0.4, -0.2) is 9.97 Å². The largest absolute Gasteiger partial charge is 0.228 e. The summed E-state index contributed by atoms with van der Waals surface area (Å²) in [6.45, 7) is 0. The normalized spacial score (nSPS) is 11.7. The molecule has 0 aliphatic heterocycles. The first-order valence-electron chi connectivity index (χ1n) is 18.2. The fourth-order valence-corrected chi connectivity index (χ4v) is 10.5. The van der Waals surface area contributed by atoms with E-state index < -0.39 is 0 Å². The van der Waals surface area contributed by atoms with Crippen molar-refractivity contribution >= 4 is 73.8 Å². The number of aromatic nitrogens is 2. The van der Waals surface area contributed by atoms with Crippen LogP contribution in [0.5, 0.6) is 0 Å². The SMILES string of the molecule is c1ccc(-c2ccc3ccccc3c2-c2ccccc2-c2nc(-c3cccc4c3sc3ccccc34)cc(-c3cccc4c3sc3ccccc34)n2)cc1. The molecule has 0 bridgehead atoms. The van der Waals surface area contributed by atoms with Gasteiger partial charge in [-0.3, -0.25) is 0 Å². The molecule has 3 aromatic heterocycles. The minimum atomic E-state index is 0.710. The average molecular weight is 723 g/mol. The minimum absolute atomic E-state index is 0.710. The maximum atomic E-state index is 5.51. The van der Waals surface area contributed by atoms with Gasteiger partial charge in [-0.2, -0.15) is 0 Å². The lowest BCUT2D eigenvalue weighted by Gasteiger charge is -2.18. The van der Waals surface area contributed by atoms with Crippen LogP contribution in [0.1, 0.15) is 0 Å². The topological polar surface area (TPSA) is 25.8 Å². The smallest absolute Gasteiger partial charge is 0.161 e. The summed E-state index contributed by atoms with van der Waals surface area (Å²) in [5.41, 5.74) is 9.73. The van der Waals surface area contributed by atoms with E-state index in [2.05, 4.69) is 182 Å². The number of nitrogens with zero attached hydrogens (tertiary/aromatic N) is 2. The number of rotatable bonds is 5. The Morgan fingerprint density at radius 1 is 0.333 bits per heavy atom. The highest BCUT2D eigenvalue weighted by Crippen LogP contribution is 2.45. The van der Waals surface area contributed by atoms with Crippen LogP contribution >= 0.6 is 22.7 Å². The molecule has 0 aliphatic rings. The average Bonchev–Trinajstić information content (AvgIpc) is 3.82. The molecule has 3 heterocycles. The zero-order chi connectivity index (χ0) is 35.6. The molecule has 0 atom stereocenters. The van der Waals surface area contributed by atoms with Crippen molar-refractivity contribution in [1.82, 2.24) is 9.97 Å². The lowest BCUT2D eigenvalue weighted by Crippen LogP contribution is -1.98. The molecule has 0 spiro atoms. The molecule has 11 rings (SSSR count). The third-order valence-electron chi connectivity index (χ3n) is 10.5. The molecule has 0 saturated heterocycles. The van der Waals surface area contributed by atoms with Crippen LogP contribution in [0, 0.1) is 0 Å². The van der Waals surface area contributed by atoms with Gasteiger partial charge >= 0.3 is 0 Å². The summed E-state index contributed by atoms with van der Waals surface area (Å²) < 4.78 is 5.03. The van der Waals surface area contributed by atoms with Crippen LogP contribution in [0.15, 0.2) is 182 Å². The predicted molar refractivity (Wildman–Crippen MR) is 232 cm³/mol. The van der Waals surface area contributed by atoms with Crippen molar-refractivity contribution in [2.75, 3.05) is 0 Å². The summed E-state index contributed by atoms with van der Waals surface area (Å²) >= 11 is 3.67. The first-order valence-corrected chi connectivity index (χ1v) is 19.8. The van der Waals surface area contributed by atoms with Crippen LogP contribution in [0.25, 0.3) is 107 Å². The second kappa shape index (κ2) is 12.6. The molecule has 0 N–H and O–H groups in total. The maximum Gasteiger partial charge on any atom is 0.161 e.